The fraction of sp³-hybridized carbons (Fsp3) is 0.360. The smallest absolute Gasteiger partial charge is 0.303 e. The van der Waals surface area contributed by atoms with Gasteiger partial charge in [0, 0.05) is 18.1 Å². The number of halogens is 1. The SMILES string of the molecule is COc1cc(-c2ncc(COc3cccc(CCC(=O)O)c3)nc2OC2CCCC2)c(F)cn1. The Morgan fingerprint density at radius 2 is 2.00 bits per heavy atom. The van der Waals surface area contributed by atoms with Gasteiger partial charge in [-0.15, -0.1) is 0 Å². The lowest BCUT2D eigenvalue weighted by molar-refractivity contribution is -0.136. The Morgan fingerprint density at radius 1 is 1.18 bits per heavy atom. The molecule has 0 aliphatic heterocycles. The number of aromatic nitrogens is 3. The standard InChI is InChI=1S/C25H26FN3O5/c1-32-22-12-20(21(26)14-27-22)24-25(34-18-6-2-3-7-18)29-17(13-28-24)15-33-19-8-4-5-16(11-19)9-10-23(30)31/h4-5,8,11-14,18H,2-3,6-7,9-10,15H2,1H3,(H,30,31). The zero-order valence-corrected chi connectivity index (χ0v) is 18.9. The molecule has 9 heteroatoms. The van der Waals surface area contributed by atoms with Gasteiger partial charge in [-0.25, -0.2) is 19.3 Å². The highest BCUT2D eigenvalue weighted by Crippen LogP contribution is 2.33. The van der Waals surface area contributed by atoms with Gasteiger partial charge in [0.2, 0.25) is 11.8 Å². The Hall–Kier alpha value is -3.75. The minimum Gasteiger partial charge on any atom is -0.487 e. The zero-order chi connectivity index (χ0) is 23.9. The average Bonchev–Trinajstić information content (AvgIpc) is 3.35. The summed E-state index contributed by atoms with van der Waals surface area (Å²) in [7, 11) is 1.46. The highest BCUT2D eigenvalue weighted by molar-refractivity contribution is 5.67. The van der Waals surface area contributed by atoms with Crippen LogP contribution in [-0.2, 0) is 17.8 Å². The van der Waals surface area contributed by atoms with E-state index in [1.54, 1.807) is 12.1 Å². The van der Waals surface area contributed by atoms with Crippen molar-refractivity contribution in [1.82, 2.24) is 15.0 Å². The quantitative estimate of drug-likeness (QED) is 0.461. The summed E-state index contributed by atoms with van der Waals surface area (Å²) in [5.41, 5.74) is 1.87. The minimum atomic E-state index is -0.847. The maximum absolute atomic E-state index is 14.6. The first kappa shape index (κ1) is 23.4. The molecule has 0 spiro atoms. The van der Waals surface area contributed by atoms with Gasteiger partial charge < -0.3 is 19.3 Å². The van der Waals surface area contributed by atoms with E-state index < -0.39 is 11.8 Å². The third-order valence-electron chi connectivity index (χ3n) is 5.58. The summed E-state index contributed by atoms with van der Waals surface area (Å²) in [6.45, 7) is 0.124. The fourth-order valence-corrected chi connectivity index (χ4v) is 3.82. The maximum atomic E-state index is 14.6. The molecule has 0 saturated heterocycles. The molecule has 0 amide bonds. The Kier molecular flexibility index (Phi) is 7.51. The first-order valence-corrected chi connectivity index (χ1v) is 11.2. The van der Waals surface area contributed by atoms with Crippen LogP contribution in [-0.4, -0.2) is 39.2 Å². The van der Waals surface area contributed by atoms with Crippen LogP contribution in [0.4, 0.5) is 4.39 Å². The number of pyridine rings is 1. The van der Waals surface area contributed by atoms with Gasteiger partial charge in [0.1, 0.15) is 29.8 Å². The lowest BCUT2D eigenvalue weighted by Crippen LogP contribution is -2.14. The number of aryl methyl sites for hydroxylation is 1. The van der Waals surface area contributed by atoms with Crippen LogP contribution in [0.5, 0.6) is 17.5 Å². The number of hydrogen-bond donors (Lipinski definition) is 1. The van der Waals surface area contributed by atoms with Crippen LogP contribution < -0.4 is 14.2 Å². The van der Waals surface area contributed by atoms with Crippen molar-refractivity contribution >= 4 is 5.97 Å². The summed E-state index contributed by atoms with van der Waals surface area (Å²) in [4.78, 5) is 23.7. The van der Waals surface area contributed by atoms with E-state index in [1.807, 2.05) is 12.1 Å². The van der Waals surface area contributed by atoms with Gasteiger partial charge >= 0.3 is 5.97 Å². The second-order valence-electron chi connectivity index (χ2n) is 8.08. The molecule has 4 rings (SSSR count). The van der Waals surface area contributed by atoms with Crippen molar-refractivity contribution in [3.05, 3.63) is 59.8 Å². The number of nitrogens with zero attached hydrogens (tertiary/aromatic N) is 3. The van der Waals surface area contributed by atoms with Gasteiger partial charge in [-0.3, -0.25) is 4.79 Å². The molecule has 1 fully saturated rings. The van der Waals surface area contributed by atoms with Crippen molar-refractivity contribution in [2.75, 3.05) is 7.11 Å². The largest absolute Gasteiger partial charge is 0.487 e. The second-order valence-corrected chi connectivity index (χ2v) is 8.08. The van der Waals surface area contributed by atoms with E-state index in [1.165, 1.54) is 19.4 Å². The van der Waals surface area contributed by atoms with E-state index in [9.17, 15) is 9.18 Å². The lowest BCUT2D eigenvalue weighted by Gasteiger charge is -2.16. The first-order chi connectivity index (χ1) is 16.5. The summed E-state index contributed by atoms with van der Waals surface area (Å²) < 4.78 is 31.7. The van der Waals surface area contributed by atoms with Crippen LogP contribution in [0, 0.1) is 5.82 Å². The monoisotopic (exact) mass is 467 g/mol. The molecule has 34 heavy (non-hydrogen) atoms. The molecule has 2 aromatic heterocycles. The van der Waals surface area contributed by atoms with Crippen molar-refractivity contribution in [2.24, 2.45) is 0 Å². The summed E-state index contributed by atoms with van der Waals surface area (Å²) in [6.07, 6.45) is 7.05. The molecule has 178 valence electrons. The predicted octanol–water partition coefficient (Wildman–Crippen LogP) is 4.60. The number of aliphatic carboxylic acids is 1. The van der Waals surface area contributed by atoms with Gasteiger partial charge in [-0.1, -0.05) is 12.1 Å². The highest BCUT2D eigenvalue weighted by atomic mass is 19.1. The lowest BCUT2D eigenvalue weighted by atomic mass is 10.1. The molecule has 1 aromatic carbocycles. The van der Waals surface area contributed by atoms with Crippen LogP contribution in [0.2, 0.25) is 0 Å². The third kappa shape index (κ3) is 5.98. The van der Waals surface area contributed by atoms with E-state index in [0.29, 0.717) is 17.9 Å². The van der Waals surface area contributed by atoms with Crippen LogP contribution in [0.25, 0.3) is 11.3 Å². The molecule has 0 radical (unpaired) electrons. The number of rotatable bonds is 10. The second kappa shape index (κ2) is 10.9. The Bertz CT molecular complexity index is 1150. The molecule has 3 aromatic rings. The molecule has 2 heterocycles. The van der Waals surface area contributed by atoms with Crippen LogP contribution in [0.15, 0.2) is 42.7 Å². The average molecular weight is 467 g/mol. The number of benzene rings is 1. The first-order valence-electron chi connectivity index (χ1n) is 11.2. The molecule has 1 aliphatic carbocycles. The van der Waals surface area contributed by atoms with Crippen molar-refractivity contribution in [3.8, 4) is 28.8 Å². The number of hydrogen-bond acceptors (Lipinski definition) is 7. The summed E-state index contributed by atoms with van der Waals surface area (Å²) in [6, 6.07) is 8.74. The molecule has 0 unspecified atom stereocenters. The van der Waals surface area contributed by atoms with Crippen molar-refractivity contribution < 1.29 is 28.5 Å². The number of carboxylic acid groups (broad SMARTS) is 1. The highest BCUT2D eigenvalue weighted by Gasteiger charge is 2.22. The summed E-state index contributed by atoms with van der Waals surface area (Å²) in [5, 5.41) is 8.88. The number of ether oxygens (including phenoxy) is 3. The van der Waals surface area contributed by atoms with Gasteiger partial charge in [-0.05, 0) is 49.8 Å². The molecular weight excluding hydrogens is 441 g/mol. The summed E-state index contributed by atoms with van der Waals surface area (Å²) >= 11 is 0. The Morgan fingerprint density at radius 3 is 2.76 bits per heavy atom. The normalized spacial score (nSPS) is 13.6. The molecule has 1 saturated carbocycles. The van der Waals surface area contributed by atoms with E-state index >= 15 is 0 Å². The minimum absolute atomic E-state index is 0.00179. The molecule has 0 atom stereocenters. The molecule has 8 nitrogen and oxygen atoms in total. The fourth-order valence-electron chi connectivity index (χ4n) is 3.82. The van der Waals surface area contributed by atoms with Crippen molar-refractivity contribution in [1.29, 1.82) is 0 Å². The Labute approximate surface area is 196 Å². The number of carbonyl (C=O) groups is 1. The van der Waals surface area contributed by atoms with Crippen LogP contribution in [0.1, 0.15) is 43.4 Å². The van der Waals surface area contributed by atoms with E-state index in [2.05, 4.69) is 15.0 Å². The van der Waals surface area contributed by atoms with E-state index in [4.69, 9.17) is 19.3 Å². The van der Waals surface area contributed by atoms with Crippen LogP contribution >= 0.6 is 0 Å². The molecule has 1 aliphatic rings. The van der Waals surface area contributed by atoms with Gasteiger partial charge in [0.15, 0.2) is 5.82 Å². The van der Waals surface area contributed by atoms with Crippen molar-refractivity contribution in [2.45, 2.75) is 51.2 Å². The van der Waals surface area contributed by atoms with Gasteiger partial charge in [-0.2, -0.15) is 0 Å². The topological polar surface area (TPSA) is 104 Å². The van der Waals surface area contributed by atoms with Crippen molar-refractivity contribution in [3.63, 3.8) is 0 Å². The van der Waals surface area contributed by atoms with Gasteiger partial charge in [0.25, 0.3) is 0 Å². The maximum Gasteiger partial charge on any atom is 0.303 e. The molecular formula is C25H26FN3O5. The zero-order valence-electron chi connectivity index (χ0n) is 18.9. The molecule has 0 bridgehead atoms. The third-order valence-corrected chi connectivity index (χ3v) is 5.58. The van der Waals surface area contributed by atoms with Gasteiger partial charge in [0.05, 0.1) is 19.5 Å². The Balaban J connectivity index is 1.56. The molecule has 1 N–H and O–H groups in total. The van der Waals surface area contributed by atoms with E-state index in [-0.39, 0.29) is 42.1 Å². The number of carboxylic acids is 1. The van der Waals surface area contributed by atoms with Crippen LogP contribution in [0.3, 0.4) is 0 Å². The van der Waals surface area contributed by atoms with E-state index in [0.717, 1.165) is 37.4 Å². The summed E-state index contributed by atoms with van der Waals surface area (Å²) in [5.74, 6) is -0.291. The predicted molar refractivity (Wildman–Crippen MR) is 121 cm³/mol. The number of methoxy groups -OCH3 is 1.